The lowest BCUT2D eigenvalue weighted by atomic mass is 10.5. The number of nitrogens with zero attached hydrogens (tertiary/aromatic N) is 5. The summed E-state index contributed by atoms with van der Waals surface area (Å²) in [5, 5.41) is 8.63. The van der Waals surface area contributed by atoms with E-state index >= 15 is 0 Å². The van der Waals surface area contributed by atoms with Crippen molar-refractivity contribution in [1.82, 2.24) is 24.5 Å². The quantitative estimate of drug-likeness (QED) is 0.666. The van der Waals surface area contributed by atoms with Gasteiger partial charge in [0.2, 0.25) is 11.9 Å². The first-order chi connectivity index (χ1) is 8.29. The zero-order valence-corrected chi connectivity index (χ0v) is 9.02. The molecule has 8 heteroatoms. The molecule has 17 heavy (non-hydrogen) atoms. The van der Waals surface area contributed by atoms with E-state index in [0.29, 0.717) is 19.0 Å². The van der Waals surface area contributed by atoms with E-state index in [9.17, 15) is 0 Å². The Kier molecular flexibility index (Phi) is 3.46. The smallest absolute Gasteiger partial charge is 0.323 e. The van der Waals surface area contributed by atoms with Gasteiger partial charge in [-0.05, 0) is 0 Å². The summed E-state index contributed by atoms with van der Waals surface area (Å²) in [6, 6.07) is 0.134. The normalized spacial score (nSPS) is 10.4. The fourth-order valence-electron chi connectivity index (χ4n) is 1.15. The van der Waals surface area contributed by atoms with Crippen LogP contribution in [-0.2, 0) is 0 Å². The molecule has 0 fully saturated rings. The van der Waals surface area contributed by atoms with Crippen molar-refractivity contribution < 1.29 is 9.84 Å². The van der Waals surface area contributed by atoms with E-state index in [1.165, 1.54) is 0 Å². The number of hydrogen-bond acceptors (Lipinski definition) is 7. The molecular weight excluding hydrogens is 224 g/mol. The minimum absolute atomic E-state index is 0.0505. The molecule has 0 amide bonds. The Hall–Kier alpha value is -2.22. The molecule has 2 aromatic rings. The van der Waals surface area contributed by atoms with Crippen molar-refractivity contribution in [3.05, 3.63) is 18.7 Å². The Bertz CT molecular complexity index is 472. The third kappa shape index (κ3) is 2.88. The molecular formula is C9H12N6O2. The first-order valence-corrected chi connectivity index (χ1v) is 5.03. The summed E-state index contributed by atoms with van der Waals surface area (Å²) in [7, 11) is 0. The second-order valence-corrected chi connectivity index (χ2v) is 3.17. The minimum Gasteiger partial charge on any atom is -0.463 e. The third-order valence-electron chi connectivity index (χ3n) is 1.89. The minimum atomic E-state index is 0.0505. The molecule has 90 valence electrons. The molecule has 0 aliphatic carbocycles. The molecule has 0 bridgehead atoms. The van der Waals surface area contributed by atoms with Gasteiger partial charge in [0.1, 0.15) is 6.33 Å². The molecule has 0 unspecified atom stereocenters. The zero-order valence-electron chi connectivity index (χ0n) is 9.02. The maximum atomic E-state index is 8.63. The van der Waals surface area contributed by atoms with Crippen LogP contribution in [0.25, 0.3) is 5.95 Å². The highest BCUT2D eigenvalue weighted by molar-refractivity contribution is 5.24. The zero-order chi connectivity index (χ0) is 12.1. The summed E-state index contributed by atoms with van der Waals surface area (Å²) >= 11 is 0. The number of aromatic nitrogens is 5. The molecule has 8 nitrogen and oxygen atoms in total. The summed E-state index contributed by atoms with van der Waals surface area (Å²) in [4.78, 5) is 15.7. The van der Waals surface area contributed by atoms with Crippen LogP contribution in [0.2, 0.25) is 0 Å². The Morgan fingerprint density at radius 2 is 2.24 bits per heavy atom. The highest BCUT2D eigenvalue weighted by Gasteiger charge is 2.06. The Morgan fingerprint density at radius 3 is 2.94 bits per heavy atom. The molecule has 2 aromatic heterocycles. The molecule has 0 spiro atoms. The molecule has 0 aliphatic rings. The van der Waals surface area contributed by atoms with Crippen LogP contribution in [0.5, 0.6) is 6.01 Å². The van der Waals surface area contributed by atoms with E-state index in [2.05, 4.69) is 19.9 Å². The van der Waals surface area contributed by atoms with Gasteiger partial charge in [-0.1, -0.05) is 0 Å². The number of anilines is 1. The fraction of sp³-hybridized carbons (Fsp3) is 0.333. The van der Waals surface area contributed by atoms with Gasteiger partial charge in [-0.2, -0.15) is 15.0 Å². The number of imidazole rings is 1. The van der Waals surface area contributed by atoms with Crippen LogP contribution in [-0.4, -0.2) is 42.8 Å². The Morgan fingerprint density at radius 1 is 1.35 bits per heavy atom. The number of rotatable bonds is 5. The van der Waals surface area contributed by atoms with Gasteiger partial charge >= 0.3 is 6.01 Å². The van der Waals surface area contributed by atoms with Gasteiger partial charge < -0.3 is 15.6 Å². The van der Waals surface area contributed by atoms with Gasteiger partial charge in [0.05, 0.1) is 6.61 Å². The molecule has 3 N–H and O–H groups in total. The average Bonchev–Trinajstić information content (AvgIpc) is 2.82. The number of nitrogen functional groups attached to an aromatic ring is 1. The van der Waals surface area contributed by atoms with Gasteiger partial charge in [-0.3, -0.25) is 4.57 Å². The lowest BCUT2D eigenvalue weighted by Gasteiger charge is -2.05. The molecule has 0 atom stereocenters. The van der Waals surface area contributed by atoms with Crippen LogP contribution in [0.1, 0.15) is 6.42 Å². The molecule has 2 heterocycles. The average molecular weight is 236 g/mol. The summed E-state index contributed by atoms with van der Waals surface area (Å²) in [6.07, 6.45) is 5.34. The maximum absolute atomic E-state index is 8.63. The van der Waals surface area contributed by atoms with E-state index in [0.717, 1.165) is 0 Å². The number of hydrogen-bond donors (Lipinski definition) is 2. The van der Waals surface area contributed by atoms with Crippen molar-refractivity contribution in [3.63, 3.8) is 0 Å². The van der Waals surface area contributed by atoms with Gasteiger partial charge in [0, 0.05) is 25.4 Å². The summed E-state index contributed by atoms with van der Waals surface area (Å²) in [5.41, 5.74) is 5.54. The molecule has 2 rings (SSSR count). The van der Waals surface area contributed by atoms with Crippen LogP contribution >= 0.6 is 0 Å². The predicted octanol–water partition coefficient (Wildman–Crippen LogP) is -0.599. The van der Waals surface area contributed by atoms with Crippen molar-refractivity contribution in [3.8, 4) is 12.0 Å². The third-order valence-corrected chi connectivity index (χ3v) is 1.89. The van der Waals surface area contributed by atoms with E-state index in [-0.39, 0.29) is 18.6 Å². The fourth-order valence-corrected chi connectivity index (χ4v) is 1.15. The van der Waals surface area contributed by atoms with Crippen molar-refractivity contribution >= 4 is 5.95 Å². The molecule has 0 saturated heterocycles. The lowest BCUT2D eigenvalue weighted by molar-refractivity contribution is 0.224. The highest BCUT2D eigenvalue weighted by atomic mass is 16.5. The predicted molar refractivity (Wildman–Crippen MR) is 58.6 cm³/mol. The second kappa shape index (κ2) is 5.21. The monoisotopic (exact) mass is 236 g/mol. The standard InChI is InChI=1S/C9H12N6O2/c10-7-12-8(15-3-2-11-6-15)14-9(13-7)17-5-1-4-16/h2-3,6,16H,1,4-5H2,(H2,10,12,13,14). The Labute approximate surface area is 97.1 Å². The second-order valence-electron chi connectivity index (χ2n) is 3.17. The van der Waals surface area contributed by atoms with Crippen LogP contribution in [0.3, 0.4) is 0 Å². The van der Waals surface area contributed by atoms with Gasteiger partial charge in [0.25, 0.3) is 0 Å². The summed E-state index contributed by atoms with van der Waals surface area (Å²) in [6.45, 7) is 0.373. The first-order valence-electron chi connectivity index (χ1n) is 5.03. The van der Waals surface area contributed by atoms with Crippen LogP contribution in [0.4, 0.5) is 5.95 Å². The van der Waals surface area contributed by atoms with Gasteiger partial charge in [-0.15, -0.1) is 0 Å². The Balaban J connectivity index is 2.18. The van der Waals surface area contributed by atoms with Crippen molar-refractivity contribution in [2.75, 3.05) is 18.9 Å². The van der Waals surface area contributed by atoms with E-state index in [1.54, 1.807) is 23.3 Å². The highest BCUT2D eigenvalue weighted by Crippen LogP contribution is 2.08. The molecule has 0 aliphatic heterocycles. The summed E-state index contributed by atoms with van der Waals surface area (Å²) in [5.74, 6) is 0.414. The van der Waals surface area contributed by atoms with Crippen molar-refractivity contribution in [2.24, 2.45) is 0 Å². The van der Waals surface area contributed by atoms with Crippen LogP contribution in [0.15, 0.2) is 18.7 Å². The largest absolute Gasteiger partial charge is 0.463 e. The summed E-state index contributed by atoms with van der Waals surface area (Å²) < 4.78 is 6.82. The number of ether oxygens (including phenoxy) is 1. The van der Waals surface area contributed by atoms with Crippen molar-refractivity contribution in [2.45, 2.75) is 6.42 Å². The van der Waals surface area contributed by atoms with E-state index in [4.69, 9.17) is 15.6 Å². The topological polar surface area (TPSA) is 112 Å². The molecule has 0 saturated carbocycles. The van der Waals surface area contributed by atoms with Gasteiger partial charge in [-0.25, -0.2) is 4.98 Å². The lowest BCUT2D eigenvalue weighted by Crippen LogP contribution is -2.09. The number of nitrogens with two attached hydrogens (primary N) is 1. The van der Waals surface area contributed by atoms with E-state index < -0.39 is 0 Å². The number of aliphatic hydroxyl groups is 1. The van der Waals surface area contributed by atoms with E-state index in [1.807, 2.05) is 0 Å². The first kappa shape index (κ1) is 11.3. The van der Waals surface area contributed by atoms with Crippen LogP contribution in [0, 0.1) is 0 Å². The van der Waals surface area contributed by atoms with Gasteiger partial charge in [0.15, 0.2) is 0 Å². The molecule has 0 radical (unpaired) electrons. The maximum Gasteiger partial charge on any atom is 0.323 e. The number of aliphatic hydroxyl groups excluding tert-OH is 1. The van der Waals surface area contributed by atoms with Crippen molar-refractivity contribution in [1.29, 1.82) is 0 Å². The van der Waals surface area contributed by atoms with Crippen LogP contribution < -0.4 is 10.5 Å². The molecule has 0 aromatic carbocycles. The SMILES string of the molecule is Nc1nc(OCCCO)nc(-n2ccnc2)n1.